The van der Waals surface area contributed by atoms with Crippen molar-refractivity contribution in [3.63, 3.8) is 0 Å². The van der Waals surface area contributed by atoms with Crippen LogP contribution in [0.3, 0.4) is 0 Å². The first-order valence-corrected chi connectivity index (χ1v) is 7.15. The van der Waals surface area contributed by atoms with E-state index >= 15 is 0 Å². The van der Waals surface area contributed by atoms with E-state index in [0.29, 0.717) is 6.04 Å². The fourth-order valence-corrected chi connectivity index (χ4v) is 2.41. The molecule has 0 aliphatic heterocycles. The topological polar surface area (TPSA) is 21.3 Å². The zero-order valence-electron chi connectivity index (χ0n) is 12.5. The molecule has 2 nitrogen and oxygen atoms in total. The number of nitrogens with one attached hydrogen (secondary N) is 1. The number of likely N-dealkylation sites (N-methyl/N-ethyl adjacent to an activating group) is 1. The molecule has 106 valence electrons. The van der Waals surface area contributed by atoms with Gasteiger partial charge >= 0.3 is 0 Å². The third kappa shape index (κ3) is 3.61. The Balaban J connectivity index is 2.14. The first-order valence-electron chi connectivity index (χ1n) is 7.15. The molecule has 0 heterocycles. The molecule has 20 heavy (non-hydrogen) atoms. The van der Waals surface area contributed by atoms with Gasteiger partial charge in [0.05, 0.1) is 7.11 Å². The van der Waals surface area contributed by atoms with Gasteiger partial charge in [-0.05, 0) is 48.7 Å². The molecule has 0 bridgehead atoms. The zero-order valence-corrected chi connectivity index (χ0v) is 12.5. The van der Waals surface area contributed by atoms with Crippen molar-refractivity contribution in [3.8, 4) is 5.75 Å². The predicted molar refractivity (Wildman–Crippen MR) is 84.3 cm³/mol. The number of methoxy groups -OCH3 is 1. The minimum atomic E-state index is 0.327. The van der Waals surface area contributed by atoms with E-state index in [0.717, 1.165) is 18.6 Å². The Kier molecular flexibility index (Phi) is 5.19. The summed E-state index contributed by atoms with van der Waals surface area (Å²) in [5.41, 5.74) is 3.99. The van der Waals surface area contributed by atoms with E-state index in [1.165, 1.54) is 16.7 Å². The monoisotopic (exact) mass is 269 g/mol. The summed E-state index contributed by atoms with van der Waals surface area (Å²) in [7, 11) is 3.72. The van der Waals surface area contributed by atoms with Crippen LogP contribution in [0.15, 0.2) is 48.5 Å². The minimum Gasteiger partial charge on any atom is -0.497 e. The van der Waals surface area contributed by atoms with Crippen molar-refractivity contribution in [2.45, 2.75) is 25.8 Å². The Bertz CT molecular complexity index is 533. The molecule has 0 amide bonds. The standard InChI is InChI=1S/C18H23NO/c1-4-14-8-10-16(11-9-14)18(19-2)13-15-6-5-7-17(12-15)20-3/h5-12,18-19H,4,13H2,1-3H3. The summed E-state index contributed by atoms with van der Waals surface area (Å²) in [6, 6.07) is 17.5. The highest BCUT2D eigenvalue weighted by Gasteiger charge is 2.10. The maximum Gasteiger partial charge on any atom is 0.119 e. The molecule has 0 aliphatic carbocycles. The Morgan fingerprint density at radius 3 is 2.40 bits per heavy atom. The van der Waals surface area contributed by atoms with Crippen LogP contribution >= 0.6 is 0 Å². The van der Waals surface area contributed by atoms with Gasteiger partial charge in [0.15, 0.2) is 0 Å². The smallest absolute Gasteiger partial charge is 0.119 e. The lowest BCUT2D eigenvalue weighted by Gasteiger charge is -2.17. The maximum atomic E-state index is 5.29. The SMILES string of the molecule is CCc1ccc(C(Cc2cccc(OC)c2)NC)cc1. The van der Waals surface area contributed by atoms with E-state index in [9.17, 15) is 0 Å². The maximum absolute atomic E-state index is 5.29. The van der Waals surface area contributed by atoms with E-state index in [1.54, 1.807) is 7.11 Å². The third-order valence-electron chi connectivity index (χ3n) is 3.71. The lowest BCUT2D eigenvalue weighted by atomic mass is 9.97. The van der Waals surface area contributed by atoms with Gasteiger partial charge in [0.2, 0.25) is 0 Å². The molecule has 2 aromatic rings. The molecular weight excluding hydrogens is 246 g/mol. The van der Waals surface area contributed by atoms with Gasteiger partial charge in [0, 0.05) is 6.04 Å². The van der Waals surface area contributed by atoms with Crippen LogP contribution in [0.4, 0.5) is 0 Å². The summed E-state index contributed by atoms with van der Waals surface area (Å²) in [6.45, 7) is 2.18. The zero-order chi connectivity index (χ0) is 14.4. The van der Waals surface area contributed by atoms with Gasteiger partial charge in [-0.3, -0.25) is 0 Å². The quantitative estimate of drug-likeness (QED) is 0.862. The van der Waals surface area contributed by atoms with Crippen LogP contribution < -0.4 is 10.1 Å². The number of aryl methyl sites for hydroxylation is 1. The first kappa shape index (κ1) is 14.6. The first-order chi connectivity index (χ1) is 9.76. The Labute approximate surface area is 121 Å². The van der Waals surface area contributed by atoms with E-state index in [-0.39, 0.29) is 0 Å². The second-order valence-corrected chi connectivity index (χ2v) is 4.99. The van der Waals surface area contributed by atoms with Crippen molar-refractivity contribution in [3.05, 3.63) is 65.2 Å². The van der Waals surface area contributed by atoms with Gasteiger partial charge < -0.3 is 10.1 Å². The lowest BCUT2D eigenvalue weighted by molar-refractivity contribution is 0.414. The molecule has 0 spiro atoms. The number of ether oxygens (including phenoxy) is 1. The van der Waals surface area contributed by atoms with Crippen LogP contribution in [-0.4, -0.2) is 14.2 Å². The van der Waals surface area contributed by atoms with Crippen molar-refractivity contribution in [2.75, 3.05) is 14.2 Å². The van der Waals surface area contributed by atoms with E-state index in [4.69, 9.17) is 4.74 Å². The van der Waals surface area contributed by atoms with Crippen molar-refractivity contribution in [1.82, 2.24) is 5.32 Å². The van der Waals surface area contributed by atoms with Crippen LogP contribution in [0.5, 0.6) is 5.75 Å². The highest BCUT2D eigenvalue weighted by Crippen LogP contribution is 2.21. The molecule has 2 aromatic carbocycles. The molecule has 0 saturated heterocycles. The van der Waals surface area contributed by atoms with Gasteiger partial charge in [-0.25, -0.2) is 0 Å². The Morgan fingerprint density at radius 1 is 1.05 bits per heavy atom. The highest BCUT2D eigenvalue weighted by molar-refractivity contribution is 5.31. The van der Waals surface area contributed by atoms with Crippen LogP contribution in [0.1, 0.15) is 29.7 Å². The number of benzene rings is 2. The fourth-order valence-electron chi connectivity index (χ4n) is 2.41. The second-order valence-electron chi connectivity index (χ2n) is 4.99. The van der Waals surface area contributed by atoms with Crippen molar-refractivity contribution in [2.24, 2.45) is 0 Å². The number of rotatable bonds is 6. The summed E-state index contributed by atoms with van der Waals surface area (Å²) in [5.74, 6) is 0.915. The average molecular weight is 269 g/mol. The summed E-state index contributed by atoms with van der Waals surface area (Å²) >= 11 is 0. The van der Waals surface area contributed by atoms with E-state index in [1.807, 2.05) is 19.2 Å². The average Bonchev–Trinajstić information content (AvgIpc) is 2.53. The lowest BCUT2D eigenvalue weighted by Crippen LogP contribution is -2.18. The molecule has 0 aromatic heterocycles. The summed E-state index contributed by atoms with van der Waals surface area (Å²) in [4.78, 5) is 0. The van der Waals surface area contributed by atoms with Gasteiger partial charge in [0.1, 0.15) is 5.75 Å². The van der Waals surface area contributed by atoms with Crippen molar-refractivity contribution < 1.29 is 4.74 Å². The Hall–Kier alpha value is -1.80. The van der Waals surface area contributed by atoms with Crippen LogP contribution in [-0.2, 0) is 12.8 Å². The van der Waals surface area contributed by atoms with Gasteiger partial charge in [-0.15, -0.1) is 0 Å². The van der Waals surface area contributed by atoms with E-state index < -0.39 is 0 Å². The molecular formula is C18H23NO. The van der Waals surface area contributed by atoms with Crippen LogP contribution in [0.25, 0.3) is 0 Å². The normalized spacial score (nSPS) is 12.2. The van der Waals surface area contributed by atoms with Gasteiger partial charge in [-0.1, -0.05) is 43.3 Å². The fraction of sp³-hybridized carbons (Fsp3) is 0.333. The molecule has 1 atom stereocenters. The highest BCUT2D eigenvalue weighted by atomic mass is 16.5. The molecule has 2 heteroatoms. The van der Waals surface area contributed by atoms with Crippen molar-refractivity contribution >= 4 is 0 Å². The van der Waals surface area contributed by atoms with Gasteiger partial charge in [0.25, 0.3) is 0 Å². The predicted octanol–water partition coefficient (Wildman–Crippen LogP) is 3.76. The minimum absolute atomic E-state index is 0.327. The number of hydrogen-bond donors (Lipinski definition) is 1. The largest absolute Gasteiger partial charge is 0.497 e. The third-order valence-corrected chi connectivity index (χ3v) is 3.71. The molecule has 0 saturated carbocycles. The van der Waals surface area contributed by atoms with Crippen molar-refractivity contribution in [1.29, 1.82) is 0 Å². The summed E-state index contributed by atoms with van der Waals surface area (Å²) in [5, 5.41) is 3.40. The molecule has 1 N–H and O–H groups in total. The second kappa shape index (κ2) is 7.11. The van der Waals surface area contributed by atoms with E-state index in [2.05, 4.69) is 48.6 Å². The van der Waals surface area contributed by atoms with Crippen LogP contribution in [0.2, 0.25) is 0 Å². The summed E-state index contributed by atoms with van der Waals surface area (Å²) < 4.78 is 5.29. The molecule has 2 rings (SSSR count). The molecule has 1 unspecified atom stereocenters. The molecule has 0 fully saturated rings. The molecule has 0 aliphatic rings. The van der Waals surface area contributed by atoms with Gasteiger partial charge in [-0.2, -0.15) is 0 Å². The van der Waals surface area contributed by atoms with Crippen LogP contribution in [0, 0.1) is 0 Å². The number of hydrogen-bond acceptors (Lipinski definition) is 2. The summed E-state index contributed by atoms with van der Waals surface area (Å²) in [6.07, 6.45) is 2.04. The Morgan fingerprint density at radius 2 is 1.80 bits per heavy atom. The molecule has 0 radical (unpaired) electrons.